The van der Waals surface area contributed by atoms with E-state index in [0.29, 0.717) is 6.42 Å². The number of amides is 1. The van der Waals surface area contributed by atoms with Gasteiger partial charge in [-0.3, -0.25) is 9.59 Å². The number of carboxylic acids is 1. The summed E-state index contributed by atoms with van der Waals surface area (Å²) in [5, 5.41) is 9.00. The standard InChI is InChI=1S/C11H14ClN3O3/c1-3-7(2)15(6-10(16)17)11(18)8-4-14-9(12)5-13-8/h4-5,7H,3,6H2,1-2H3,(H,16,17). The highest BCUT2D eigenvalue weighted by Crippen LogP contribution is 2.09. The van der Waals surface area contributed by atoms with Gasteiger partial charge in [-0.05, 0) is 13.3 Å². The summed E-state index contributed by atoms with van der Waals surface area (Å²) in [4.78, 5) is 31.7. The Balaban J connectivity index is 2.94. The van der Waals surface area contributed by atoms with Crippen LogP contribution in [-0.2, 0) is 4.79 Å². The Bertz CT molecular complexity index is 436. The predicted molar refractivity (Wildman–Crippen MR) is 65.5 cm³/mol. The molecule has 0 aromatic carbocycles. The summed E-state index contributed by atoms with van der Waals surface area (Å²) in [5.74, 6) is -1.53. The molecule has 1 amide bonds. The second-order valence-corrected chi connectivity index (χ2v) is 4.20. The van der Waals surface area contributed by atoms with Crippen LogP contribution in [0.4, 0.5) is 0 Å². The second kappa shape index (κ2) is 6.30. The number of hydrogen-bond donors (Lipinski definition) is 1. The van der Waals surface area contributed by atoms with E-state index in [1.165, 1.54) is 17.3 Å². The van der Waals surface area contributed by atoms with Gasteiger partial charge in [0.1, 0.15) is 17.4 Å². The fraction of sp³-hybridized carbons (Fsp3) is 0.455. The van der Waals surface area contributed by atoms with Crippen molar-refractivity contribution in [3.63, 3.8) is 0 Å². The first-order chi connectivity index (χ1) is 8.45. The fourth-order valence-electron chi connectivity index (χ4n) is 1.36. The summed E-state index contributed by atoms with van der Waals surface area (Å²) < 4.78 is 0. The Labute approximate surface area is 110 Å². The van der Waals surface area contributed by atoms with Gasteiger partial charge in [0.15, 0.2) is 0 Å². The van der Waals surface area contributed by atoms with Gasteiger partial charge in [0.2, 0.25) is 0 Å². The molecule has 1 rings (SSSR count). The van der Waals surface area contributed by atoms with Crippen molar-refractivity contribution in [2.75, 3.05) is 6.54 Å². The number of rotatable bonds is 5. The van der Waals surface area contributed by atoms with Crippen molar-refractivity contribution in [3.05, 3.63) is 23.2 Å². The van der Waals surface area contributed by atoms with Crippen LogP contribution in [0.3, 0.4) is 0 Å². The zero-order valence-corrected chi connectivity index (χ0v) is 10.9. The van der Waals surface area contributed by atoms with Gasteiger partial charge in [-0.2, -0.15) is 0 Å². The largest absolute Gasteiger partial charge is 0.480 e. The maximum absolute atomic E-state index is 12.1. The summed E-state index contributed by atoms with van der Waals surface area (Å²) in [5.41, 5.74) is 0.0842. The van der Waals surface area contributed by atoms with Crippen molar-refractivity contribution >= 4 is 23.5 Å². The highest BCUT2D eigenvalue weighted by Gasteiger charge is 2.23. The Morgan fingerprint density at radius 1 is 1.44 bits per heavy atom. The van der Waals surface area contributed by atoms with Gasteiger partial charge in [-0.25, -0.2) is 9.97 Å². The lowest BCUT2D eigenvalue weighted by Crippen LogP contribution is -2.42. The van der Waals surface area contributed by atoms with E-state index < -0.39 is 11.9 Å². The van der Waals surface area contributed by atoms with Crippen LogP contribution >= 0.6 is 11.6 Å². The molecule has 0 aliphatic heterocycles. The third kappa shape index (κ3) is 3.66. The molecule has 1 N–H and O–H groups in total. The Morgan fingerprint density at radius 2 is 2.11 bits per heavy atom. The number of carbonyl (C=O) groups is 2. The molecule has 7 heteroatoms. The Morgan fingerprint density at radius 3 is 2.56 bits per heavy atom. The summed E-state index contributed by atoms with van der Waals surface area (Å²) in [6.45, 7) is 3.29. The van der Waals surface area contributed by atoms with Crippen LogP contribution in [-0.4, -0.2) is 44.4 Å². The molecule has 18 heavy (non-hydrogen) atoms. The number of halogens is 1. The predicted octanol–water partition coefficient (Wildman–Crippen LogP) is 1.46. The number of aromatic nitrogens is 2. The van der Waals surface area contributed by atoms with Crippen LogP contribution in [0.1, 0.15) is 30.8 Å². The molecule has 0 radical (unpaired) electrons. The molecule has 0 aliphatic rings. The number of aliphatic carboxylic acids is 1. The summed E-state index contributed by atoms with van der Waals surface area (Å²) in [6.07, 6.45) is 3.15. The lowest BCUT2D eigenvalue weighted by molar-refractivity contribution is -0.138. The lowest BCUT2D eigenvalue weighted by atomic mass is 10.2. The molecule has 1 unspecified atom stereocenters. The normalized spacial score (nSPS) is 11.9. The van der Waals surface area contributed by atoms with Crippen molar-refractivity contribution in [3.8, 4) is 0 Å². The first-order valence-electron chi connectivity index (χ1n) is 5.46. The smallest absolute Gasteiger partial charge is 0.323 e. The van der Waals surface area contributed by atoms with Gasteiger partial charge in [-0.1, -0.05) is 18.5 Å². The zero-order chi connectivity index (χ0) is 13.7. The van der Waals surface area contributed by atoms with Gasteiger partial charge >= 0.3 is 5.97 Å². The van der Waals surface area contributed by atoms with Gasteiger partial charge < -0.3 is 10.0 Å². The molecule has 1 aromatic heterocycles. The van der Waals surface area contributed by atoms with Crippen LogP contribution < -0.4 is 0 Å². The van der Waals surface area contributed by atoms with E-state index in [0.717, 1.165) is 0 Å². The van der Waals surface area contributed by atoms with Gasteiger partial charge in [-0.15, -0.1) is 0 Å². The van der Waals surface area contributed by atoms with E-state index in [2.05, 4.69) is 9.97 Å². The highest BCUT2D eigenvalue weighted by atomic mass is 35.5. The molecule has 0 saturated heterocycles. The first kappa shape index (κ1) is 14.4. The lowest BCUT2D eigenvalue weighted by Gasteiger charge is -2.26. The molecule has 0 spiro atoms. The van der Waals surface area contributed by atoms with E-state index in [1.54, 1.807) is 6.92 Å². The van der Waals surface area contributed by atoms with Crippen LogP contribution in [0.25, 0.3) is 0 Å². The quantitative estimate of drug-likeness (QED) is 0.876. The third-order valence-corrected chi connectivity index (χ3v) is 2.72. The molecule has 0 fully saturated rings. The van der Waals surface area contributed by atoms with Crippen molar-refractivity contribution in [2.24, 2.45) is 0 Å². The number of carboxylic acid groups (broad SMARTS) is 1. The SMILES string of the molecule is CCC(C)N(CC(=O)O)C(=O)c1cnc(Cl)cn1. The molecule has 6 nitrogen and oxygen atoms in total. The molecule has 0 aliphatic carbocycles. The number of carbonyl (C=O) groups excluding carboxylic acids is 1. The van der Waals surface area contributed by atoms with Gasteiger partial charge in [0.25, 0.3) is 5.91 Å². The van der Waals surface area contributed by atoms with E-state index in [-0.39, 0.29) is 23.4 Å². The van der Waals surface area contributed by atoms with E-state index >= 15 is 0 Å². The van der Waals surface area contributed by atoms with E-state index in [9.17, 15) is 9.59 Å². The minimum atomic E-state index is -1.06. The molecule has 98 valence electrons. The van der Waals surface area contributed by atoms with Gasteiger partial charge in [0, 0.05) is 6.04 Å². The molecule has 0 saturated carbocycles. The average molecular weight is 272 g/mol. The van der Waals surface area contributed by atoms with Crippen molar-refractivity contribution in [2.45, 2.75) is 26.3 Å². The van der Waals surface area contributed by atoms with Crippen LogP contribution in [0, 0.1) is 0 Å². The van der Waals surface area contributed by atoms with E-state index in [1.807, 2.05) is 6.92 Å². The molecular formula is C11H14ClN3O3. The molecule has 0 bridgehead atoms. The van der Waals surface area contributed by atoms with Crippen molar-refractivity contribution in [1.29, 1.82) is 0 Å². The topological polar surface area (TPSA) is 83.4 Å². The fourth-order valence-corrected chi connectivity index (χ4v) is 1.46. The summed E-state index contributed by atoms with van der Waals surface area (Å²) in [6, 6.07) is -0.189. The minimum absolute atomic E-state index is 0.0842. The number of hydrogen-bond acceptors (Lipinski definition) is 4. The molecular weight excluding hydrogens is 258 g/mol. The zero-order valence-electron chi connectivity index (χ0n) is 10.1. The maximum atomic E-state index is 12.1. The van der Waals surface area contributed by atoms with Gasteiger partial charge in [0.05, 0.1) is 12.4 Å². The Hall–Kier alpha value is -1.69. The van der Waals surface area contributed by atoms with Crippen LogP contribution in [0.5, 0.6) is 0 Å². The molecule has 1 atom stereocenters. The van der Waals surface area contributed by atoms with Crippen LogP contribution in [0.2, 0.25) is 5.15 Å². The van der Waals surface area contributed by atoms with Crippen LogP contribution in [0.15, 0.2) is 12.4 Å². The van der Waals surface area contributed by atoms with Crippen molar-refractivity contribution < 1.29 is 14.7 Å². The third-order valence-electron chi connectivity index (χ3n) is 2.53. The summed E-state index contributed by atoms with van der Waals surface area (Å²) >= 11 is 5.58. The Kier molecular flexibility index (Phi) is 5.03. The number of nitrogens with zero attached hydrogens (tertiary/aromatic N) is 3. The highest BCUT2D eigenvalue weighted by molar-refractivity contribution is 6.29. The monoisotopic (exact) mass is 271 g/mol. The maximum Gasteiger partial charge on any atom is 0.323 e. The minimum Gasteiger partial charge on any atom is -0.480 e. The summed E-state index contributed by atoms with van der Waals surface area (Å²) in [7, 11) is 0. The van der Waals surface area contributed by atoms with E-state index in [4.69, 9.17) is 16.7 Å². The second-order valence-electron chi connectivity index (χ2n) is 3.81. The first-order valence-corrected chi connectivity index (χ1v) is 5.83. The average Bonchev–Trinajstić information content (AvgIpc) is 2.35. The molecule has 1 aromatic rings. The molecule has 1 heterocycles. The van der Waals surface area contributed by atoms with Crippen molar-refractivity contribution in [1.82, 2.24) is 14.9 Å².